The second-order valence-corrected chi connectivity index (χ2v) is 6.52. The third kappa shape index (κ3) is 4.42. The number of nitro groups is 1. The molecule has 1 aromatic heterocycles. The summed E-state index contributed by atoms with van der Waals surface area (Å²) in [6.07, 6.45) is -0.267. The number of aryl methyl sites for hydroxylation is 2. The highest BCUT2D eigenvalue weighted by Crippen LogP contribution is 2.25. The molecule has 25 heavy (non-hydrogen) atoms. The van der Waals surface area contributed by atoms with Gasteiger partial charge >= 0.3 is 5.97 Å². The van der Waals surface area contributed by atoms with Crippen molar-refractivity contribution in [2.45, 2.75) is 33.3 Å². The van der Waals surface area contributed by atoms with Crippen LogP contribution in [0, 0.1) is 17.0 Å². The van der Waals surface area contributed by atoms with Gasteiger partial charge in [-0.25, -0.2) is 4.79 Å². The van der Waals surface area contributed by atoms with Crippen molar-refractivity contribution in [2.24, 2.45) is 0 Å². The molecule has 0 saturated carbocycles. The lowest BCUT2D eigenvalue weighted by molar-refractivity contribution is -0.383. The number of benzene rings is 1. The number of esters is 1. The lowest BCUT2D eigenvalue weighted by Gasteiger charge is -2.13. The maximum Gasteiger partial charge on any atom is 0.349 e. The minimum atomic E-state index is -1.08. The van der Waals surface area contributed by atoms with Crippen molar-refractivity contribution >= 4 is 34.6 Å². The van der Waals surface area contributed by atoms with Gasteiger partial charge in [-0.2, -0.15) is 0 Å². The summed E-state index contributed by atoms with van der Waals surface area (Å²) in [7, 11) is 0. The van der Waals surface area contributed by atoms with Gasteiger partial charge < -0.3 is 10.1 Å². The molecule has 0 aliphatic carbocycles. The monoisotopic (exact) mass is 362 g/mol. The molecule has 1 aromatic carbocycles. The van der Waals surface area contributed by atoms with Crippen LogP contribution in [-0.4, -0.2) is 22.9 Å². The summed E-state index contributed by atoms with van der Waals surface area (Å²) in [5, 5.41) is 13.4. The molecule has 0 aliphatic rings. The predicted molar refractivity (Wildman–Crippen MR) is 95.0 cm³/mol. The molecule has 1 N–H and O–H groups in total. The first-order valence-electron chi connectivity index (χ1n) is 7.68. The number of carbonyl (C=O) groups is 2. The Morgan fingerprint density at radius 3 is 2.64 bits per heavy atom. The van der Waals surface area contributed by atoms with E-state index in [9.17, 15) is 19.7 Å². The topological polar surface area (TPSA) is 98.5 Å². The molecule has 0 spiro atoms. The van der Waals surface area contributed by atoms with Crippen LogP contribution in [0.15, 0.2) is 30.3 Å². The first kappa shape index (κ1) is 18.6. The minimum absolute atomic E-state index is 0.0561. The van der Waals surface area contributed by atoms with Crippen LogP contribution in [-0.2, 0) is 16.0 Å². The van der Waals surface area contributed by atoms with E-state index in [-0.39, 0.29) is 11.4 Å². The van der Waals surface area contributed by atoms with Crippen LogP contribution in [0.4, 0.5) is 11.4 Å². The number of carbonyl (C=O) groups excluding carboxylic acids is 2. The largest absolute Gasteiger partial charge is 0.448 e. The number of rotatable bonds is 6. The number of nitro benzene ring substituents is 1. The lowest BCUT2D eigenvalue weighted by atomic mass is 10.2. The van der Waals surface area contributed by atoms with Crippen LogP contribution in [0.25, 0.3) is 0 Å². The van der Waals surface area contributed by atoms with E-state index in [1.165, 1.54) is 36.5 Å². The second kappa shape index (κ2) is 7.89. The number of anilines is 1. The maximum absolute atomic E-state index is 12.2. The SMILES string of the molecule is CCc1sc(C(=O)O[C@@H](C)C(=O)Nc2ccccc2[N+](=O)[O-])cc1C. The van der Waals surface area contributed by atoms with Crippen LogP contribution in [0.1, 0.15) is 34.0 Å². The van der Waals surface area contributed by atoms with E-state index in [2.05, 4.69) is 5.32 Å². The third-order valence-electron chi connectivity index (χ3n) is 3.55. The van der Waals surface area contributed by atoms with Gasteiger partial charge in [-0.1, -0.05) is 19.1 Å². The Morgan fingerprint density at radius 1 is 1.36 bits per heavy atom. The Bertz CT molecular complexity index is 815. The van der Waals surface area contributed by atoms with Crippen LogP contribution in [0.5, 0.6) is 0 Å². The normalized spacial score (nSPS) is 11.6. The Balaban J connectivity index is 2.05. The van der Waals surface area contributed by atoms with Crippen molar-refractivity contribution in [3.8, 4) is 0 Å². The number of amides is 1. The van der Waals surface area contributed by atoms with Crippen LogP contribution < -0.4 is 5.32 Å². The van der Waals surface area contributed by atoms with E-state index in [1.807, 2.05) is 13.8 Å². The average molecular weight is 362 g/mol. The molecule has 1 amide bonds. The van der Waals surface area contributed by atoms with Gasteiger partial charge in [-0.3, -0.25) is 14.9 Å². The lowest BCUT2D eigenvalue weighted by Crippen LogP contribution is -2.30. The number of hydrogen-bond acceptors (Lipinski definition) is 6. The number of para-hydroxylation sites is 2. The zero-order valence-electron chi connectivity index (χ0n) is 14.1. The van der Waals surface area contributed by atoms with E-state index in [4.69, 9.17) is 4.74 Å². The molecule has 1 heterocycles. The fraction of sp³-hybridized carbons (Fsp3) is 0.294. The van der Waals surface area contributed by atoms with E-state index < -0.39 is 22.9 Å². The zero-order valence-corrected chi connectivity index (χ0v) is 14.9. The van der Waals surface area contributed by atoms with Gasteiger partial charge in [0.25, 0.3) is 11.6 Å². The maximum atomic E-state index is 12.2. The predicted octanol–water partition coefficient (Wildman–Crippen LogP) is 3.71. The van der Waals surface area contributed by atoms with Gasteiger partial charge in [0.2, 0.25) is 0 Å². The summed E-state index contributed by atoms with van der Waals surface area (Å²) < 4.78 is 5.17. The molecule has 132 valence electrons. The van der Waals surface area contributed by atoms with Crippen molar-refractivity contribution < 1.29 is 19.2 Å². The van der Waals surface area contributed by atoms with E-state index in [1.54, 1.807) is 12.1 Å². The summed E-state index contributed by atoms with van der Waals surface area (Å²) in [6.45, 7) is 5.33. The van der Waals surface area contributed by atoms with Crippen molar-refractivity contribution in [1.82, 2.24) is 0 Å². The van der Waals surface area contributed by atoms with Gasteiger partial charge in [-0.05, 0) is 38.0 Å². The van der Waals surface area contributed by atoms with Crippen molar-refractivity contribution in [3.63, 3.8) is 0 Å². The average Bonchev–Trinajstić information content (AvgIpc) is 2.96. The summed E-state index contributed by atoms with van der Waals surface area (Å²) in [6, 6.07) is 7.51. The third-order valence-corrected chi connectivity index (χ3v) is 4.92. The summed E-state index contributed by atoms with van der Waals surface area (Å²) in [5.41, 5.74) is 0.841. The first-order valence-corrected chi connectivity index (χ1v) is 8.49. The fourth-order valence-corrected chi connectivity index (χ4v) is 3.21. The standard InChI is InChI=1S/C17H18N2O5S/c1-4-14-10(2)9-15(25-14)17(21)24-11(3)16(20)18-12-7-5-6-8-13(12)19(22)23/h5-9,11H,4H2,1-3H3,(H,18,20)/t11-/m0/s1. The number of hydrogen-bond donors (Lipinski definition) is 1. The molecule has 1 atom stereocenters. The van der Waals surface area contributed by atoms with Crippen molar-refractivity contribution in [2.75, 3.05) is 5.32 Å². The number of thiophene rings is 1. The minimum Gasteiger partial charge on any atom is -0.448 e. The van der Waals surface area contributed by atoms with Crippen LogP contribution in [0.2, 0.25) is 0 Å². The zero-order chi connectivity index (χ0) is 18.6. The summed E-state index contributed by atoms with van der Waals surface area (Å²) in [4.78, 5) is 36.2. The second-order valence-electron chi connectivity index (χ2n) is 5.38. The van der Waals surface area contributed by atoms with Gasteiger partial charge in [0.15, 0.2) is 6.10 Å². The summed E-state index contributed by atoms with van der Waals surface area (Å²) in [5.74, 6) is -1.22. The summed E-state index contributed by atoms with van der Waals surface area (Å²) >= 11 is 1.34. The molecule has 0 unspecified atom stereocenters. The highest BCUT2D eigenvalue weighted by Gasteiger charge is 2.23. The Labute approximate surface area is 148 Å². The number of nitrogens with zero attached hydrogens (tertiary/aromatic N) is 1. The molecule has 0 fully saturated rings. The highest BCUT2D eigenvalue weighted by atomic mass is 32.1. The molecule has 0 aliphatic heterocycles. The molecular weight excluding hydrogens is 344 g/mol. The van der Waals surface area contributed by atoms with E-state index in [0.29, 0.717) is 4.88 Å². The molecule has 2 rings (SSSR count). The molecule has 0 radical (unpaired) electrons. The highest BCUT2D eigenvalue weighted by molar-refractivity contribution is 7.14. The molecule has 0 bridgehead atoms. The van der Waals surface area contributed by atoms with E-state index >= 15 is 0 Å². The fourth-order valence-electron chi connectivity index (χ4n) is 2.22. The van der Waals surface area contributed by atoms with Gasteiger partial charge in [0.05, 0.1) is 4.92 Å². The van der Waals surface area contributed by atoms with E-state index in [0.717, 1.165) is 16.9 Å². The quantitative estimate of drug-likeness (QED) is 0.480. The Hall–Kier alpha value is -2.74. The van der Waals surface area contributed by atoms with Crippen molar-refractivity contribution in [1.29, 1.82) is 0 Å². The Morgan fingerprint density at radius 2 is 2.04 bits per heavy atom. The molecule has 7 nitrogen and oxygen atoms in total. The first-order chi connectivity index (χ1) is 11.8. The van der Waals surface area contributed by atoms with Crippen molar-refractivity contribution in [3.05, 3.63) is 55.8 Å². The van der Waals surface area contributed by atoms with Gasteiger partial charge in [-0.15, -0.1) is 11.3 Å². The number of nitrogens with one attached hydrogen (secondary N) is 1. The molecule has 8 heteroatoms. The number of ether oxygens (including phenoxy) is 1. The van der Waals surface area contributed by atoms with Gasteiger partial charge in [0.1, 0.15) is 10.6 Å². The van der Waals surface area contributed by atoms with Gasteiger partial charge in [0, 0.05) is 10.9 Å². The van der Waals surface area contributed by atoms with Crippen LogP contribution >= 0.6 is 11.3 Å². The van der Waals surface area contributed by atoms with Crippen LogP contribution in [0.3, 0.4) is 0 Å². The molecule has 2 aromatic rings. The molecular formula is C17H18N2O5S. The molecule has 0 saturated heterocycles. The smallest absolute Gasteiger partial charge is 0.349 e. The Kier molecular flexibility index (Phi) is 5.87.